The summed E-state index contributed by atoms with van der Waals surface area (Å²) in [6, 6.07) is 0.975. The smallest absolute Gasteiger partial charge is 0.223 e. The molecule has 3 fully saturated rings. The summed E-state index contributed by atoms with van der Waals surface area (Å²) in [5.41, 5.74) is 0. The predicted molar refractivity (Wildman–Crippen MR) is 84.6 cm³/mol. The number of piperidine rings is 1. The molecule has 3 aliphatic rings. The van der Waals surface area contributed by atoms with Gasteiger partial charge < -0.3 is 9.47 Å². The molecule has 5 nitrogen and oxygen atoms in total. The Bertz CT molecular complexity index is 563. The van der Waals surface area contributed by atoms with Crippen molar-refractivity contribution in [3.05, 3.63) is 18.2 Å². The highest BCUT2D eigenvalue weighted by Gasteiger charge is 2.36. The van der Waals surface area contributed by atoms with E-state index in [-0.39, 0.29) is 18.5 Å². The maximum absolute atomic E-state index is 12.8. The van der Waals surface area contributed by atoms with Crippen LogP contribution >= 0.6 is 0 Å². The van der Waals surface area contributed by atoms with Crippen LogP contribution in [0.4, 0.5) is 4.39 Å². The zero-order chi connectivity index (χ0) is 15.8. The highest BCUT2D eigenvalue weighted by atomic mass is 19.1. The Hall–Kier alpha value is -1.43. The number of hydrogen-bond donors (Lipinski definition) is 0. The molecule has 0 spiro atoms. The largest absolute Gasteiger partial charge is 0.339 e. The Morgan fingerprint density at radius 1 is 1.17 bits per heavy atom. The van der Waals surface area contributed by atoms with E-state index in [9.17, 15) is 9.18 Å². The van der Waals surface area contributed by atoms with E-state index in [1.165, 1.54) is 18.7 Å². The molecular formula is C17H25FN4O. The second-order valence-corrected chi connectivity index (χ2v) is 7.26. The third kappa shape index (κ3) is 3.13. The van der Waals surface area contributed by atoms with Gasteiger partial charge in [-0.2, -0.15) is 0 Å². The van der Waals surface area contributed by atoms with Crippen molar-refractivity contribution in [2.24, 2.45) is 5.92 Å². The van der Waals surface area contributed by atoms with Gasteiger partial charge in [0.25, 0.3) is 0 Å². The Labute approximate surface area is 136 Å². The lowest BCUT2D eigenvalue weighted by atomic mass is 10.0. The lowest BCUT2D eigenvalue weighted by molar-refractivity contribution is -0.130. The summed E-state index contributed by atoms with van der Waals surface area (Å²) in [6.07, 6.45) is 8.94. The third-order valence-electron chi connectivity index (χ3n) is 5.51. The fraction of sp³-hybridized carbons (Fsp3) is 0.765. The molecule has 2 aliphatic heterocycles. The van der Waals surface area contributed by atoms with Crippen molar-refractivity contribution in [3.8, 4) is 0 Å². The van der Waals surface area contributed by atoms with Crippen LogP contribution in [-0.2, 0) is 11.3 Å². The lowest BCUT2D eigenvalue weighted by Crippen LogP contribution is -2.45. The highest BCUT2D eigenvalue weighted by Crippen LogP contribution is 2.36. The van der Waals surface area contributed by atoms with Crippen molar-refractivity contribution >= 4 is 5.91 Å². The first kappa shape index (κ1) is 15.1. The monoisotopic (exact) mass is 320 g/mol. The highest BCUT2D eigenvalue weighted by molar-refractivity contribution is 5.79. The van der Waals surface area contributed by atoms with Crippen LogP contribution in [0, 0.1) is 5.92 Å². The molecular weight excluding hydrogens is 295 g/mol. The molecule has 23 heavy (non-hydrogen) atoms. The number of carbonyl (C=O) groups excluding carboxylic acids is 1. The van der Waals surface area contributed by atoms with Gasteiger partial charge in [-0.3, -0.25) is 14.1 Å². The average molecular weight is 320 g/mol. The summed E-state index contributed by atoms with van der Waals surface area (Å²) in [6.45, 7) is 3.13. The zero-order valence-electron chi connectivity index (χ0n) is 13.5. The molecule has 0 radical (unpaired) electrons. The molecule has 1 saturated carbocycles. The van der Waals surface area contributed by atoms with Crippen LogP contribution in [0.25, 0.3) is 0 Å². The van der Waals surface area contributed by atoms with E-state index in [1.807, 2.05) is 11.1 Å². The van der Waals surface area contributed by atoms with Gasteiger partial charge in [-0.15, -0.1) is 0 Å². The number of amides is 1. The summed E-state index contributed by atoms with van der Waals surface area (Å²) in [4.78, 5) is 20.9. The Balaban J connectivity index is 1.31. The first-order valence-electron chi connectivity index (χ1n) is 8.84. The summed E-state index contributed by atoms with van der Waals surface area (Å²) in [7, 11) is 0. The minimum Gasteiger partial charge on any atom is -0.339 e. The number of nitrogens with zero attached hydrogens (tertiary/aromatic N) is 4. The first-order valence-corrected chi connectivity index (χ1v) is 8.84. The van der Waals surface area contributed by atoms with E-state index in [0.717, 1.165) is 32.5 Å². The SMILES string of the molecule is O=C1CC(CF)CN1C1CCN(Cc2nccn2C2CC2)CC1. The Morgan fingerprint density at radius 3 is 2.61 bits per heavy atom. The van der Waals surface area contributed by atoms with Crippen LogP contribution in [0.5, 0.6) is 0 Å². The van der Waals surface area contributed by atoms with Crippen molar-refractivity contribution < 1.29 is 9.18 Å². The van der Waals surface area contributed by atoms with Gasteiger partial charge in [0.05, 0.1) is 13.2 Å². The fourth-order valence-corrected chi connectivity index (χ4v) is 4.01. The predicted octanol–water partition coefficient (Wildman–Crippen LogP) is 2.00. The van der Waals surface area contributed by atoms with E-state index in [2.05, 4.69) is 20.6 Å². The second-order valence-electron chi connectivity index (χ2n) is 7.26. The average Bonchev–Trinajstić information content (AvgIpc) is 3.19. The van der Waals surface area contributed by atoms with Gasteiger partial charge in [-0.25, -0.2) is 4.98 Å². The number of imidazole rings is 1. The standard InChI is InChI=1S/C17H25FN4O/c18-10-13-9-17(23)22(11-13)15-3-6-20(7-4-15)12-16-19-5-8-21(16)14-1-2-14/h5,8,13-15H,1-4,6-7,9-12H2. The molecule has 1 aliphatic carbocycles. The maximum atomic E-state index is 12.8. The van der Waals surface area contributed by atoms with Crippen molar-refractivity contribution in [1.82, 2.24) is 19.4 Å². The van der Waals surface area contributed by atoms with Gasteiger partial charge in [-0.05, 0) is 25.7 Å². The van der Waals surface area contributed by atoms with Crippen molar-refractivity contribution in [3.63, 3.8) is 0 Å². The van der Waals surface area contributed by atoms with Crippen molar-refractivity contribution in [2.75, 3.05) is 26.3 Å². The summed E-state index contributed by atoms with van der Waals surface area (Å²) in [5.74, 6) is 1.24. The number of halogens is 1. The van der Waals surface area contributed by atoms with Gasteiger partial charge in [0, 0.05) is 56.5 Å². The molecule has 0 aromatic carbocycles. The number of likely N-dealkylation sites (tertiary alicyclic amines) is 2. The lowest BCUT2D eigenvalue weighted by Gasteiger charge is -2.36. The van der Waals surface area contributed by atoms with Gasteiger partial charge in [0.15, 0.2) is 0 Å². The van der Waals surface area contributed by atoms with Gasteiger partial charge in [-0.1, -0.05) is 0 Å². The molecule has 6 heteroatoms. The van der Waals surface area contributed by atoms with E-state index < -0.39 is 0 Å². The molecule has 1 amide bonds. The molecule has 0 bridgehead atoms. The van der Waals surface area contributed by atoms with Crippen LogP contribution in [0.1, 0.15) is 44.0 Å². The zero-order valence-corrected chi connectivity index (χ0v) is 13.5. The number of aromatic nitrogens is 2. The molecule has 1 aromatic heterocycles. The van der Waals surface area contributed by atoms with Crippen molar-refractivity contribution in [2.45, 2.75) is 50.7 Å². The number of hydrogen-bond acceptors (Lipinski definition) is 3. The summed E-state index contributed by atoms with van der Waals surface area (Å²) < 4.78 is 15.1. The van der Waals surface area contributed by atoms with Crippen LogP contribution in [0.15, 0.2) is 12.4 Å². The Kier molecular flexibility index (Phi) is 4.09. The fourth-order valence-electron chi connectivity index (χ4n) is 4.01. The number of carbonyl (C=O) groups is 1. The summed E-state index contributed by atoms with van der Waals surface area (Å²) in [5, 5.41) is 0. The Morgan fingerprint density at radius 2 is 1.96 bits per heavy atom. The summed E-state index contributed by atoms with van der Waals surface area (Å²) >= 11 is 0. The van der Waals surface area contributed by atoms with Crippen LogP contribution in [0.2, 0.25) is 0 Å². The molecule has 1 atom stereocenters. The molecule has 126 valence electrons. The van der Waals surface area contributed by atoms with E-state index >= 15 is 0 Å². The number of alkyl halides is 1. The molecule has 1 aromatic rings. The van der Waals surface area contributed by atoms with E-state index in [4.69, 9.17) is 0 Å². The normalized spacial score (nSPS) is 27.1. The van der Waals surface area contributed by atoms with Gasteiger partial charge in [0.1, 0.15) is 5.82 Å². The first-order chi connectivity index (χ1) is 11.2. The van der Waals surface area contributed by atoms with Crippen LogP contribution in [0.3, 0.4) is 0 Å². The molecule has 2 saturated heterocycles. The second kappa shape index (κ2) is 6.23. The minimum absolute atomic E-state index is 0.0773. The molecule has 0 N–H and O–H groups in total. The van der Waals surface area contributed by atoms with Gasteiger partial charge >= 0.3 is 0 Å². The molecule has 3 heterocycles. The maximum Gasteiger partial charge on any atom is 0.223 e. The van der Waals surface area contributed by atoms with E-state index in [0.29, 0.717) is 25.0 Å². The third-order valence-corrected chi connectivity index (χ3v) is 5.51. The van der Waals surface area contributed by atoms with Gasteiger partial charge in [0.2, 0.25) is 5.91 Å². The van der Waals surface area contributed by atoms with E-state index in [1.54, 1.807) is 0 Å². The van der Waals surface area contributed by atoms with Crippen LogP contribution in [-0.4, -0.2) is 57.6 Å². The number of rotatable bonds is 5. The van der Waals surface area contributed by atoms with Crippen LogP contribution < -0.4 is 0 Å². The minimum atomic E-state index is -0.370. The quantitative estimate of drug-likeness (QED) is 0.833. The molecule has 4 rings (SSSR count). The topological polar surface area (TPSA) is 41.4 Å². The van der Waals surface area contributed by atoms with Crippen molar-refractivity contribution in [1.29, 1.82) is 0 Å². The molecule has 1 unspecified atom stereocenters.